The lowest BCUT2D eigenvalue weighted by Crippen LogP contribution is -2.32. The zero-order valence-corrected chi connectivity index (χ0v) is 13.5. The van der Waals surface area contributed by atoms with Gasteiger partial charge in [-0.2, -0.15) is 0 Å². The number of hydrogen-bond donors (Lipinski definition) is 2. The molecule has 2 N–H and O–H groups in total. The van der Waals surface area contributed by atoms with Gasteiger partial charge < -0.3 is 5.32 Å². The number of sulfonamides is 1. The van der Waals surface area contributed by atoms with Crippen LogP contribution in [0.5, 0.6) is 0 Å². The average molecular weight is 338 g/mol. The Morgan fingerprint density at radius 1 is 1.22 bits per heavy atom. The summed E-state index contributed by atoms with van der Waals surface area (Å²) >= 11 is 0. The summed E-state index contributed by atoms with van der Waals surface area (Å²) in [7, 11) is -3.79. The molecule has 23 heavy (non-hydrogen) atoms. The molecule has 2 aromatic rings. The average Bonchev–Trinajstić information content (AvgIpc) is 2.53. The van der Waals surface area contributed by atoms with E-state index in [2.05, 4.69) is 15.0 Å². The number of non-ortho nitro benzene ring substituents is 1. The standard InChI is InChI=1S/C14H18N4O4S/c1-2-7-15-9-10-17-23(21,22)13-6-5-12(18(19)20)11-4-3-8-16-14(11)13/h3-6,8,15,17H,2,7,9-10H2,1H3. The molecular weight excluding hydrogens is 320 g/mol. The molecule has 0 spiro atoms. The fourth-order valence-corrected chi connectivity index (χ4v) is 3.35. The van der Waals surface area contributed by atoms with Gasteiger partial charge in [-0.3, -0.25) is 15.1 Å². The number of nitrogens with one attached hydrogen (secondary N) is 2. The fourth-order valence-electron chi connectivity index (χ4n) is 2.16. The molecule has 0 bridgehead atoms. The predicted molar refractivity (Wildman–Crippen MR) is 86.7 cm³/mol. The molecule has 2 rings (SSSR count). The minimum atomic E-state index is -3.79. The van der Waals surface area contributed by atoms with Gasteiger partial charge >= 0.3 is 0 Å². The quantitative estimate of drug-likeness (QED) is 0.427. The predicted octanol–water partition coefficient (Wildman–Crippen LogP) is 1.42. The summed E-state index contributed by atoms with van der Waals surface area (Å²) in [5, 5.41) is 14.3. The van der Waals surface area contributed by atoms with E-state index in [1.807, 2.05) is 6.92 Å². The second kappa shape index (κ2) is 7.44. The highest BCUT2D eigenvalue weighted by Gasteiger charge is 2.22. The van der Waals surface area contributed by atoms with Crippen LogP contribution in [0.3, 0.4) is 0 Å². The summed E-state index contributed by atoms with van der Waals surface area (Å²) in [6.07, 6.45) is 2.37. The molecule has 0 saturated heterocycles. The molecule has 9 heteroatoms. The van der Waals surface area contributed by atoms with Crippen LogP contribution in [0.15, 0.2) is 35.4 Å². The van der Waals surface area contributed by atoms with Crippen molar-refractivity contribution in [3.8, 4) is 0 Å². The third-order valence-corrected chi connectivity index (χ3v) is 4.71. The van der Waals surface area contributed by atoms with Crippen LogP contribution in [-0.4, -0.2) is 38.0 Å². The molecule has 0 aliphatic rings. The number of nitro benzene ring substituents is 1. The highest BCUT2D eigenvalue weighted by Crippen LogP contribution is 2.28. The SMILES string of the molecule is CCCNCCNS(=O)(=O)c1ccc([N+](=O)[O-])c2cccnc12. The zero-order chi connectivity index (χ0) is 16.9. The lowest BCUT2D eigenvalue weighted by Gasteiger charge is -2.09. The molecular formula is C14H18N4O4S. The van der Waals surface area contributed by atoms with Crippen molar-refractivity contribution in [1.82, 2.24) is 15.0 Å². The number of nitro groups is 1. The van der Waals surface area contributed by atoms with Gasteiger partial charge in [-0.05, 0) is 31.2 Å². The second-order valence-corrected chi connectivity index (χ2v) is 6.62. The van der Waals surface area contributed by atoms with Crippen molar-refractivity contribution < 1.29 is 13.3 Å². The van der Waals surface area contributed by atoms with Gasteiger partial charge in [-0.15, -0.1) is 0 Å². The first-order valence-corrected chi connectivity index (χ1v) is 8.68. The van der Waals surface area contributed by atoms with E-state index >= 15 is 0 Å². The van der Waals surface area contributed by atoms with Gasteiger partial charge in [-0.1, -0.05) is 6.92 Å². The van der Waals surface area contributed by atoms with Crippen LogP contribution in [0, 0.1) is 10.1 Å². The van der Waals surface area contributed by atoms with Crippen LogP contribution in [0.1, 0.15) is 13.3 Å². The first-order valence-electron chi connectivity index (χ1n) is 7.20. The normalized spacial score (nSPS) is 11.7. The van der Waals surface area contributed by atoms with E-state index in [1.165, 1.54) is 30.5 Å². The number of fused-ring (bicyclic) bond motifs is 1. The molecule has 0 aliphatic carbocycles. The van der Waals surface area contributed by atoms with Gasteiger partial charge in [0, 0.05) is 25.4 Å². The second-order valence-electron chi connectivity index (χ2n) is 4.89. The molecule has 1 aromatic heterocycles. The van der Waals surface area contributed by atoms with Crippen LogP contribution in [0.2, 0.25) is 0 Å². The first-order chi connectivity index (χ1) is 11.0. The Labute approximate surface area is 134 Å². The summed E-state index contributed by atoms with van der Waals surface area (Å²) in [5.74, 6) is 0. The van der Waals surface area contributed by atoms with E-state index < -0.39 is 14.9 Å². The maximum absolute atomic E-state index is 12.4. The highest BCUT2D eigenvalue weighted by atomic mass is 32.2. The summed E-state index contributed by atoms with van der Waals surface area (Å²) in [5.41, 5.74) is -0.0765. The molecule has 0 aliphatic heterocycles. The lowest BCUT2D eigenvalue weighted by atomic mass is 10.2. The van der Waals surface area contributed by atoms with Crippen molar-refractivity contribution in [3.05, 3.63) is 40.6 Å². The number of nitrogens with zero attached hydrogens (tertiary/aromatic N) is 2. The van der Waals surface area contributed by atoms with Crippen LogP contribution in [0.4, 0.5) is 5.69 Å². The Morgan fingerprint density at radius 3 is 2.70 bits per heavy atom. The van der Waals surface area contributed by atoms with Gasteiger partial charge in [0.2, 0.25) is 10.0 Å². The van der Waals surface area contributed by atoms with Crippen LogP contribution in [0.25, 0.3) is 10.9 Å². The first kappa shape index (κ1) is 17.3. The Hall–Kier alpha value is -2.10. The lowest BCUT2D eigenvalue weighted by molar-refractivity contribution is -0.383. The summed E-state index contributed by atoms with van der Waals surface area (Å²) in [6, 6.07) is 5.43. The maximum atomic E-state index is 12.4. The van der Waals surface area contributed by atoms with Crippen LogP contribution < -0.4 is 10.0 Å². The summed E-state index contributed by atoms with van der Waals surface area (Å²) in [6.45, 7) is 3.56. The molecule has 0 atom stereocenters. The molecule has 0 saturated carbocycles. The molecule has 1 aromatic carbocycles. The number of aromatic nitrogens is 1. The number of rotatable bonds is 8. The van der Waals surface area contributed by atoms with E-state index in [1.54, 1.807) is 0 Å². The van der Waals surface area contributed by atoms with E-state index in [4.69, 9.17) is 0 Å². The van der Waals surface area contributed by atoms with Crippen molar-refractivity contribution in [3.63, 3.8) is 0 Å². The third-order valence-electron chi connectivity index (χ3n) is 3.22. The zero-order valence-electron chi connectivity index (χ0n) is 12.7. The summed E-state index contributed by atoms with van der Waals surface area (Å²) in [4.78, 5) is 14.4. The molecule has 0 amide bonds. The van der Waals surface area contributed by atoms with Crippen LogP contribution in [-0.2, 0) is 10.0 Å². The molecule has 1 heterocycles. The van der Waals surface area contributed by atoms with E-state index in [-0.39, 0.29) is 28.0 Å². The Morgan fingerprint density at radius 2 is 2.00 bits per heavy atom. The van der Waals surface area contributed by atoms with Gasteiger partial charge in [0.15, 0.2) is 0 Å². The minimum absolute atomic E-state index is 0.0609. The number of benzene rings is 1. The third kappa shape index (κ3) is 4.01. The number of pyridine rings is 1. The number of hydrogen-bond acceptors (Lipinski definition) is 6. The monoisotopic (exact) mass is 338 g/mol. The molecule has 8 nitrogen and oxygen atoms in total. The van der Waals surface area contributed by atoms with Gasteiger partial charge in [0.25, 0.3) is 5.69 Å². The van der Waals surface area contributed by atoms with Crippen molar-refractivity contribution in [2.45, 2.75) is 18.2 Å². The van der Waals surface area contributed by atoms with Crippen molar-refractivity contribution >= 4 is 26.6 Å². The Balaban J connectivity index is 2.32. The summed E-state index contributed by atoms with van der Waals surface area (Å²) < 4.78 is 27.3. The minimum Gasteiger partial charge on any atom is -0.315 e. The molecule has 0 radical (unpaired) electrons. The van der Waals surface area contributed by atoms with E-state index in [0.29, 0.717) is 6.54 Å². The fraction of sp³-hybridized carbons (Fsp3) is 0.357. The van der Waals surface area contributed by atoms with E-state index in [9.17, 15) is 18.5 Å². The van der Waals surface area contributed by atoms with Crippen LogP contribution >= 0.6 is 0 Å². The van der Waals surface area contributed by atoms with Gasteiger partial charge in [0.1, 0.15) is 4.90 Å². The molecule has 124 valence electrons. The van der Waals surface area contributed by atoms with Crippen molar-refractivity contribution in [1.29, 1.82) is 0 Å². The molecule has 0 fully saturated rings. The topological polar surface area (TPSA) is 114 Å². The van der Waals surface area contributed by atoms with Crippen molar-refractivity contribution in [2.24, 2.45) is 0 Å². The van der Waals surface area contributed by atoms with Gasteiger partial charge in [0.05, 0.1) is 15.8 Å². The van der Waals surface area contributed by atoms with E-state index in [0.717, 1.165) is 13.0 Å². The molecule has 0 unspecified atom stereocenters. The largest absolute Gasteiger partial charge is 0.315 e. The Bertz CT molecular complexity index is 808. The van der Waals surface area contributed by atoms with Gasteiger partial charge in [-0.25, -0.2) is 13.1 Å². The van der Waals surface area contributed by atoms with Crippen molar-refractivity contribution in [2.75, 3.05) is 19.6 Å². The Kier molecular flexibility index (Phi) is 5.59. The highest BCUT2D eigenvalue weighted by molar-refractivity contribution is 7.89. The smallest absolute Gasteiger partial charge is 0.278 e. The maximum Gasteiger partial charge on any atom is 0.278 e.